The quantitative estimate of drug-likeness (QED) is 0.775. The van der Waals surface area contributed by atoms with E-state index in [1.165, 1.54) is 9.18 Å². The molecule has 1 aliphatic heterocycles. The summed E-state index contributed by atoms with van der Waals surface area (Å²) in [6, 6.07) is 6.62. The summed E-state index contributed by atoms with van der Waals surface area (Å²) < 4.78 is 27.7. The first-order valence-electron chi connectivity index (χ1n) is 6.99. The summed E-state index contributed by atoms with van der Waals surface area (Å²) >= 11 is 13.9. The van der Waals surface area contributed by atoms with Gasteiger partial charge in [-0.15, -0.1) is 11.3 Å². The van der Waals surface area contributed by atoms with Crippen LogP contribution in [0.4, 0.5) is 0 Å². The predicted octanol–water partition coefficient (Wildman–Crippen LogP) is 4.75. The van der Waals surface area contributed by atoms with Crippen molar-refractivity contribution >= 4 is 44.6 Å². The lowest BCUT2D eigenvalue weighted by Crippen LogP contribution is -2.39. The van der Waals surface area contributed by atoms with Crippen LogP contribution in [-0.4, -0.2) is 19.3 Å². The van der Waals surface area contributed by atoms with Crippen LogP contribution in [0.5, 0.6) is 0 Å². The summed E-state index contributed by atoms with van der Waals surface area (Å²) in [6.45, 7) is 2.45. The molecular weight excluding hydrogens is 361 g/mol. The maximum atomic E-state index is 13.1. The van der Waals surface area contributed by atoms with Gasteiger partial charge >= 0.3 is 0 Å². The van der Waals surface area contributed by atoms with Crippen LogP contribution in [0.15, 0.2) is 34.5 Å². The summed E-state index contributed by atoms with van der Waals surface area (Å²) in [4.78, 5) is 1.28. The molecule has 0 unspecified atom stereocenters. The summed E-state index contributed by atoms with van der Waals surface area (Å²) in [5.74, 6) is 0. The fraction of sp³-hybridized carbons (Fsp3) is 0.333. The van der Waals surface area contributed by atoms with Crippen molar-refractivity contribution in [2.45, 2.75) is 30.7 Å². The van der Waals surface area contributed by atoms with E-state index in [9.17, 15) is 8.42 Å². The molecule has 3 rings (SSSR count). The molecule has 0 N–H and O–H groups in total. The van der Waals surface area contributed by atoms with Gasteiger partial charge in [0, 0.05) is 11.4 Å². The van der Waals surface area contributed by atoms with Gasteiger partial charge in [0.1, 0.15) is 4.90 Å². The molecule has 0 saturated carbocycles. The Morgan fingerprint density at radius 2 is 1.95 bits per heavy atom. The van der Waals surface area contributed by atoms with Gasteiger partial charge in [-0.1, -0.05) is 36.2 Å². The molecule has 3 nitrogen and oxygen atoms in total. The molecule has 0 aliphatic carbocycles. The van der Waals surface area contributed by atoms with Crippen LogP contribution in [0.3, 0.4) is 0 Å². The molecule has 1 aromatic carbocycles. The number of fused-ring (bicyclic) bond motifs is 1. The molecule has 0 saturated heterocycles. The lowest BCUT2D eigenvalue weighted by Gasteiger charge is -2.34. The number of hydrogen-bond acceptors (Lipinski definition) is 3. The van der Waals surface area contributed by atoms with Crippen LogP contribution in [0.1, 0.15) is 29.8 Å². The standard InChI is InChI=1S/C15H15Cl2NO2S2/c1-2-13-10-7-9-21-14(10)6-8-18(13)22(19,20)15-11(16)4-3-5-12(15)17/h3-5,7,9,13H,2,6,8H2,1H3/t13-/m0/s1. The molecule has 2 aromatic rings. The van der Waals surface area contributed by atoms with Gasteiger partial charge in [-0.25, -0.2) is 8.42 Å². The van der Waals surface area contributed by atoms with E-state index < -0.39 is 10.0 Å². The van der Waals surface area contributed by atoms with Crippen molar-refractivity contribution in [2.75, 3.05) is 6.54 Å². The highest BCUT2D eigenvalue weighted by atomic mass is 35.5. The lowest BCUT2D eigenvalue weighted by atomic mass is 10.0. The normalized spacial score (nSPS) is 19.1. The molecule has 2 heterocycles. The molecule has 1 atom stereocenters. The van der Waals surface area contributed by atoms with Gasteiger partial charge in [0.2, 0.25) is 10.0 Å². The molecule has 0 radical (unpaired) electrons. The summed E-state index contributed by atoms with van der Waals surface area (Å²) in [5, 5.41) is 2.35. The SMILES string of the molecule is CC[C@H]1c2ccsc2CCN1S(=O)(=O)c1c(Cl)cccc1Cl. The summed E-state index contributed by atoms with van der Waals surface area (Å²) in [5.41, 5.74) is 1.10. The second-order valence-electron chi connectivity index (χ2n) is 5.14. The van der Waals surface area contributed by atoms with Gasteiger partial charge in [0.15, 0.2) is 0 Å². The zero-order chi connectivity index (χ0) is 15.9. The Labute approximate surface area is 144 Å². The van der Waals surface area contributed by atoms with Crippen molar-refractivity contribution in [2.24, 2.45) is 0 Å². The Hall–Kier alpha value is -0.590. The Bertz CT molecular complexity index is 781. The highest BCUT2D eigenvalue weighted by Gasteiger charge is 2.37. The molecule has 0 fully saturated rings. The summed E-state index contributed by atoms with van der Waals surface area (Å²) in [6.07, 6.45) is 1.44. The fourth-order valence-electron chi connectivity index (χ4n) is 2.93. The maximum absolute atomic E-state index is 13.1. The second-order valence-corrected chi connectivity index (χ2v) is 8.78. The van der Waals surface area contributed by atoms with E-state index in [2.05, 4.69) is 0 Å². The number of thiophene rings is 1. The number of nitrogens with zero attached hydrogens (tertiary/aromatic N) is 1. The molecule has 0 bridgehead atoms. The first kappa shape index (κ1) is 16.3. The first-order chi connectivity index (χ1) is 10.5. The van der Waals surface area contributed by atoms with Gasteiger partial charge < -0.3 is 0 Å². The zero-order valence-electron chi connectivity index (χ0n) is 11.9. The van der Waals surface area contributed by atoms with E-state index in [1.807, 2.05) is 18.4 Å². The molecule has 7 heteroatoms. The molecule has 0 spiro atoms. The Balaban J connectivity index is 2.10. The average Bonchev–Trinajstić information content (AvgIpc) is 2.94. The lowest BCUT2D eigenvalue weighted by molar-refractivity contribution is 0.303. The van der Waals surface area contributed by atoms with Crippen molar-refractivity contribution in [1.29, 1.82) is 0 Å². The molecular formula is C15H15Cl2NO2S2. The van der Waals surface area contributed by atoms with E-state index in [1.54, 1.807) is 29.5 Å². The van der Waals surface area contributed by atoms with Gasteiger partial charge in [-0.3, -0.25) is 0 Å². The Kier molecular flexibility index (Phi) is 4.54. The third-order valence-corrected chi connectivity index (χ3v) is 7.78. The van der Waals surface area contributed by atoms with E-state index in [0.29, 0.717) is 13.0 Å². The number of halogens is 2. The predicted molar refractivity (Wildman–Crippen MR) is 91.4 cm³/mol. The minimum atomic E-state index is -3.73. The van der Waals surface area contributed by atoms with Gasteiger partial charge in [-0.05, 0) is 42.0 Å². The average molecular weight is 376 g/mol. The molecule has 1 aliphatic rings. The largest absolute Gasteiger partial charge is 0.246 e. The van der Waals surface area contributed by atoms with Gasteiger partial charge in [0.25, 0.3) is 0 Å². The van der Waals surface area contributed by atoms with E-state index in [0.717, 1.165) is 12.0 Å². The van der Waals surface area contributed by atoms with Crippen LogP contribution in [0.2, 0.25) is 10.0 Å². The van der Waals surface area contributed by atoms with Crippen LogP contribution >= 0.6 is 34.5 Å². The second kappa shape index (κ2) is 6.13. The molecule has 1 aromatic heterocycles. The van der Waals surface area contributed by atoms with Crippen molar-refractivity contribution in [3.8, 4) is 0 Å². The molecule has 22 heavy (non-hydrogen) atoms. The minimum absolute atomic E-state index is 0.00969. The van der Waals surface area contributed by atoms with Crippen molar-refractivity contribution < 1.29 is 8.42 Å². The Morgan fingerprint density at radius 3 is 2.59 bits per heavy atom. The van der Waals surface area contributed by atoms with Crippen molar-refractivity contribution in [1.82, 2.24) is 4.31 Å². The van der Waals surface area contributed by atoms with Crippen LogP contribution in [0.25, 0.3) is 0 Å². The van der Waals surface area contributed by atoms with Gasteiger partial charge in [-0.2, -0.15) is 4.31 Å². The minimum Gasteiger partial charge on any atom is -0.207 e. The van der Waals surface area contributed by atoms with Crippen LogP contribution < -0.4 is 0 Å². The number of benzene rings is 1. The number of sulfonamides is 1. The first-order valence-corrected chi connectivity index (χ1v) is 10.1. The third-order valence-electron chi connectivity index (χ3n) is 3.92. The maximum Gasteiger partial charge on any atom is 0.246 e. The highest BCUT2D eigenvalue weighted by molar-refractivity contribution is 7.89. The number of rotatable bonds is 3. The summed E-state index contributed by atoms with van der Waals surface area (Å²) in [7, 11) is -3.73. The van der Waals surface area contributed by atoms with E-state index in [-0.39, 0.29) is 21.0 Å². The van der Waals surface area contributed by atoms with Crippen molar-refractivity contribution in [3.63, 3.8) is 0 Å². The highest BCUT2D eigenvalue weighted by Crippen LogP contribution is 2.41. The van der Waals surface area contributed by atoms with Crippen LogP contribution in [-0.2, 0) is 16.4 Å². The van der Waals surface area contributed by atoms with Crippen molar-refractivity contribution in [3.05, 3.63) is 50.1 Å². The third kappa shape index (κ3) is 2.59. The van der Waals surface area contributed by atoms with E-state index in [4.69, 9.17) is 23.2 Å². The van der Waals surface area contributed by atoms with E-state index >= 15 is 0 Å². The monoisotopic (exact) mass is 375 g/mol. The zero-order valence-corrected chi connectivity index (χ0v) is 15.1. The number of hydrogen-bond donors (Lipinski definition) is 0. The smallest absolute Gasteiger partial charge is 0.207 e. The fourth-order valence-corrected chi connectivity index (χ4v) is 6.63. The molecule has 118 valence electrons. The topological polar surface area (TPSA) is 37.4 Å². The van der Waals surface area contributed by atoms with Gasteiger partial charge in [0.05, 0.1) is 16.1 Å². The van der Waals surface area contributed by atoms with Crippen LogP contribution in [0, 0.1) is 0 Å². The molecule has 0 amide bonds. The Morgan fingerprint density at radius 1 is 1.27 bits per heavy atom.